The number of carbonyl (C=O) groups is 1. The standard InChI is InChI=1S/C18H24N4O3/c1-5-6-12(2)19-18(23)16-9-7-15(8-10-16)11-21-14(4)17(22(24)25)13(3)20-21/h7-10,12H,5-6,11H2,1-4H3,(H,19,23). The van der Waals surface area contributed by atoms with E-state index in [1.165, 1.54) is 0 Å². The maximum atomic E-state index is 12.2. The third kappa shape index (κ3) is 4.43. The average molecular weight is 344 g/mol. The van der Waals surface area contributed by atoms with E-state index in [2.05, 4.69) is 17.3 Å². The van der Waals surface area contributed by atoms with Crippen molar-refractivity contribution < 1.29 is 9.72 Å². The third-order valence-electron chi connectivity index (χ3n) is 4.17. The summed E-state index contributed by atoms with van der Waals surface area (Å²) in [6.07, 6.45) is 1.97. The van der Waals surface area contributed by atoms with E-state index < -0.39 is 4.92 Å². The Balaban J connectivity index is 2.10. The van der Waals surface area contributed by atoms with Gasteiger partial charge in [-0.1, -0.05) is 25.5 Å². The summed E-state index contributed by atoms with van der Waals surface area (Å²) in [6, 6.07) is 7.38. The lowest BCUT2D eigenvalue weighted by atomic mass is 10.1. The summed E-state index contributed by atoms with van der Waals surface area (Å²) in [5.74, 6) is -0.0887. The van der Waals surface area contributed by atoms with Gasteiger partial charge in [-0.2, -0.15) is 5.10 Å². The Morgan fingerprint density at radius 1 is 1.32 bits per heavy atom. The van der Waals surface area contributed by atoms with Crippen LogP contribution < -0.4 is 5.32 Å². The van der Waals surface area contributed by atoms with Crippen LogP contribution in [-0.4, -0.2) is 26.7 Å². The SMILES string of the molecule is CCCC(C)NC(=O)c1ccc(Cn2nc(C)c([N+](=O)[O-])c2C)cc1. The molecule has 25 heavy (non-hydrogen) atoms. The summed E-state index contributed by atoms with van der Waals surface area (Å²) in [7, 11) is 0. The molecular formula is C18H24N4O3. The van der Waals surface area contributed by atoms with Crippen LogP contribution in [0, 0.1) is 24.0 Å². The molecule has 0 fully saturated rings. The molecule has 1 aromatic heterocycles. The lowest BCUT2D eigenvalue weighted by Crippen LogP contribution is -2.32. The van der Waals surface area contributed by atoms with Gasteiger partial charge in [-0.25, -0.2) is 0 Å². The van der Waals surface area contributed by atoms with E-state index in [0.29, 0.717) is 23.5 Å². The van der Waals surface area contributed by atoms with Crippen LogP contribution >= 0.6 is 0 Å². The van der Waals surface area contributed by atoms with E-state index in [4.69, 9.17) is 0 Å². The molecule has 0 aliphatic rings. The minimum absolute atomic E-state index is 0.0564. The number of hydrogen-bond acceptors (Lipinski definition) is 4. The van der Waals surface area contributed by atoms with Crippen molar-refractivity contribution in [2.45, 2.75) is 53.1 Å². The Hall–Kier alpha value is -2.70. The molecule has 0 bridgehead atoms. The molecule has 0 saturated carbocycles. The number of nitrogens with zero attached hydrogens (tertiary/aromatic N) is 3. The van der Waals surface area contributed by atoms with Gasteiger partial charge in [0.05, 0.1) is 11.5 Å². The van der Waals surface area contributed by atoms with Crippen LogP contribution in [0.1, 0.15) is 54.0 Å². The first-order valence-electron chi connectivity index (χ1n) is 8.41. The Bertz CT molecular complexity index is 765. The molecule has 0 aliphatic heterocycles. The number of amides is 1. The zero-order valence-corrected chi connectivity index (χ0v) is 15.1. The Morgan fingerprint density at radius 3 is 2.48 bits per heavy atom. The van der Waals surface area contributed by atoms with Crippen LogP contribution in [0.25, 0.3) is 0 Å². The fraction of sp³-hybridized carbons (Fsp3) is 0.444. The monoisotopic (exact) mass is 344 g/mol. The zero-order valence-electron chi connectivity index (χ0n) is 15.1. The summed E-state index contributed by atoms with van der Waals surface area (Å²) in [5.41, 5.74) is 2.52. The number of aryl methyl sites for hydroxylation is 1. The second-order valence-corrected chi connectivity index (χ2v) is 6.29. The number of aromatic nitrogens is 2. The smallest absolute Gasteiger partial charge is 0.312 e. The summed E-state index contributed by atoms with van der Waals surface area (Å²) in [6.45, 7) is 7.82. The number of hydrogen-bond donors (Lipinski definition) is 1. The molecule has 1 amide bonds. The Labute approximate surface area is 147 Å². The van der Waals surface area contributed by atoms with Gasteiger partial charge >= 0.3 is 5.69 Å². The molecular weight excluding hydrogens is 320 g/mol. The highest BCUT2D eigenvalue weighted by Crippen LogP contribution is 2.22. The zero-order chi connectivity index (χ0) is 18.6. The van der Waals surface area contributed by atoms with Gasteiger partial charge in [0.2, 0.25) is 0 Å². The maximum absolute atomic E-state index is 12.2. The van der Waals surface area contributed by atoms with Gasteiger partial charge in [-0.3, -0.25) is 19.6 Å². The van der Waals surface area contributed by atoms with Gasteiger partial charge < -0.3 is 5.32 Å². The number of nitrogens with one attached hydrogen (secondary N) is 1. The molecule has 1 atom stereocenters. The molecule has 0 aliphatic carbocycles. The van der Waals surface area contributed by atoms with Crippen LogP contribution in [0.15, 0.2) is 24.3 Å². The highest BCUT2D eigenvalue weighted by atomic mass is 16.6. The normalized spacial score (nSPS) is 12.0. The molecule has 0 saturated heterocycles. The Morgan fingerprint density at radius 2 is 1.96 bits per heavy atom. The molecule has 0 spiro atoms. The van der Waals surface area contributed by atoms with E-state index in [-0.39, 0.29) is 17.6 Å². The fourth-order valence-corrected chi connectivity index (χ4v) is 2.85. The predicted octanol–water partition coefficient (Wildman–Crippen LogP) is 3.37. The van der Waals surface area contributed by atoms with Crippen LogP contribution in [-0.2, 0) is 6.54 Å². The molecule has 1 heterocycles. The molecule has 134 valence electrons. The first-order chi connectivity index (χ1) is 11.8. The van der Waals surface area contributed by atoms with E-state index >= 15 is 0 Å². The summed E-state index contributed by atoms with van der Waals surface area (Å²) in [4.78, 5) is 22.8. The van der Waals surface area contributed by atoms with Crippen LogP contribution in [0.2, 0.25) is 0 Å². The van der Waals surface area contributed by atoms with Crippen LogP contribution in [0.4, 0.5) is 5.69 Å². The van der Waals surface area contributed by atoms with Gasteiger partial charge in [0.25, 0.3) is 5.91 Å². The van der Waals surface area contributed by atoms with E-state index in [0.717, 1.165) is 18.4 Å². The highest BCUT2D eigenvalue weighted by molar-refractivity contribution is 5.94. The first kappa shape index (κ1) is 18.6. The number of nitro groups is 1. The molecule has 2 aromatic rings. The summed E-state index contributed by atoms with van der Waals surface area (Å²) in [5, 5.41) is 18.3. The second-order valence-electron chi connectivity index (χ2n) is 6.29. The van der Waals surface area contributed by atoms with E-state index in [1.807, 2.05) is 19.1 Å². The second kappa shape index (κ2) is 7.92. The van der Waals surface area contributed by atoms with Gasteiger partial charge in [0.15, 0.2) is 0 Å². The first-order valence-corrected chi connectivity index (χ1v) is 8.41. The van der Waals surface area contributed by atoms with Crippen LogP contribution in [0.5, 0.6) is 0 Å². The van der Waals surface area contributed by atoms with Gasteiger partial charge in [-0.05, 0) is 44.9 Å². The predicted molar refractivity (Wildman–Crippen MR) is 95.7 cm³/mol. The van der Waals surface area contributed by atoms with E-state index in [9.17, 15) is 14.9 Å². The van der Waals surface area contributed by atoms with Crippen molar-refractivity contribution in [2.75, 3.05) is 0 Å². The van der Waals surface area contributed by atoms with Crippen molar-refractivity contribution in [2.24, 2.45) is 0 Å². The third-order valence-corrected chi connectivity index (χ3v) is 4.17. The van der Waals surface area contributed by atoms with Crippen molar-refractivity contribution in [3.05, 3.63) is 56.9 Å². The molecule has 2 rings (SSSR count). The molecule has 7 heteroatoms. The van der Waals surface area contributed by atoms with Gasteiger partial charge in [-0.15, -0.1) is 0 Å². The van der Waals surface area contributed by atoms with Crippen molar-refractivity contribution in [1.82, 2.24) is 15.1 Å². The molecule has 1 unspecified atom stereocenters. The minimum atomic E-state index is -0.404. The summed E-state index contributed by atoms with van der Waals surface area (Å²) >= 11 is 0. The largest absolute Gasteiger partial charge is 0.350 e. The average Bonchev–Trinajstić information content (AvgIpc) is 2.82. The van der Waals surface area contributed by atoms with Crippen molar-refractivity contribution in [1.29, 1.82) is 0 Å². The number of rotatable bonds is 7. The van der Waals surface area contributed by atoms with E-state index in [1.54, 1.807) is 30.7 Å². The highest BCUT2D eigenvalue weighted by Gasteiger charge is 2.21. The van der Waals surface area contributed by atoms with Crippen molar-refractivity contribution >= 4 is 11.6 Å². The van der Waals surface area contributed by atoms with Gasteiger partial charge in [0.1, 0.15) is 11.4 Å². The number of benzene rings is 1. The number of carbonyl (C=O) groups excluding carboxylic acids is 1. The van der Waals surface area contributed by atoms with Crippen LogP contribution in [0.3, 0.4) is 0 Å². The summed E-state index contributed by atoms with van der Waals surface area (Å²) < 4.78 is 1.62. The van der Waals surface area contributed by atoms with Crippen molar-refractivity contribution in [3.8, 4) is 0 Å². The molecule has 0 radical (unpaired) electrons. The quantitative estimate of drug-likeness (QED) is 0.616. The minimum Gasteiger partial charge on any atom is -0.350 e. The Kier molecular flexibility index (Phi) is 5.90. The topological polar surface area (TPSA) is 90.1 Å². The lowest BCUT2D eigenvalue weighted by molar-refractivity contribution is -0.386. The van der Waals surface area contributed by atoms with Gasteiger partial charge in [0, 0.05) is 11.6 Å². The fourth-order valence-electron chi connectivity index (χ4n) is 2.85. The molecule has 7 nitrogen and oxygen atoms in total. The maximum Gasteiger partial charge on any atom is 0.312 e. The molecule has 1 N–H and O–H groups in total. The molecule has 1 aromatic carbocycles. The lowest BCUT2D eigenvalue weighted by Gasteiger charge is -2.13. The van der Waals surface area contributed by atoms with Crippen molar-refractivity contribution in [3.63, 3.8) is 0 Å².